The van der Waals surface area contributed by atoms with Crippen molar-refractivity contribution in [1.82, 2.24) is 0 Å². The zero-order valence-corrected chi connectivity index (χ0v) is 10.8. The van der Waals surface area contributed by atoms with Crippen LogP contribution >= 0.6 is 0 Å². The van der Waals surface area contributed by atoms with Crippen molar-refractivity contribution >= 4 is 5.69 Å². The second kappa shape index (κ2) is 5.26. The molecule has 2 rings (SSSR count). The van der Waals surface area contributed by atoms with Crippen molar-refractivity contribution in [3.8, 4) is 16.9 Å². The molecule has 0 atom stereocenters. The molecule has 2 aromatic carbocycles. The number of benzene rings is 2. The first-order valence-electron chi connectivity index (χ1n) is 5.99. The summed E-state index contributed by atoms with van der Waals surface area (Å²) in [5, 5.41) is 0. The molecule has 19 heavy (non-hydrogen) atoms. The summed E-state index contributed by atoms with van der Waals surface area (Å²) in [7, 11) is 0. The normalized spacial score (nSPS) is 10.8. The highest BCUT2D eigenvalue weighted by atomic mass is 19.1. The second-order valence-electron chi connectivity index (χ2n) is 4.55. The first-order chi connectivity index (χ1) is 8.97. The van der Waals surface area contributed by atoms with Gasteiger partial charge in [-0.3, -0.25) is 0 Å². The van der Waals surface area contributed by atoms with Gasteiger partial charge in [0.15, 0.2) is 0 Å². The van der Waals surface area contributed by atoms with E-state index < -0.39 is 17.3 Å². The van der Waals surface area contributed by atoms with Gasteiger partial charge in [0.1, 0.15) is 23.1 Å². The molecule has 0 aliphatic heterocycles. The van der Waals surface area contributed by atoms with Gasteiger partial charge in [-0.05, 0) is 49.2 Å². The second-order valence-corrected chi connectivity index (χ2v) is 4.55. The van der Waals surface area contributed by atoms with E-state index in [-0.39, 0.29) is 6.10 Å². The van der Waals surface area contributed by atoms with E-state index in [9.17, 15) is 8.78 Å². The highest BCUT2D eigenvalue weighted by molar-refractivity contribution is 5.67. The van der Waals surface area contributed by atoms with Crippen LogP contribution in [-0.2, 0) is 0 Å². The molecule has 0 amide bonds. The van der Waals surface area contributed by atoms with E-state index in [2.05, 4.69) is 0 Å². The van der Waals surface area contributed by atoms with Crippen LogP contribution in [0.4, 0.5) is 14.5 Å². The summed E-state index contributed by atoms with van der Waals surface area (Å²) in [6, 6.07) is 9.51. The summed E-state index contributed by atoms with van der Waals surface area (Å²) in [5.74, 6) is -0.861. The van der Waals surface area contributed by atoms with Crippen LogP contribution in [-0.4, -0.2) is 6.10 Å². The fourth-order valence-electron chi connectivity index (χ4n) is 1.77. The van der Waals surface area contributed by atoms with Crippen molar-refractivity contribution in [2.24, 2.45) is 0 Å². The molecule has 0 aliphatic rings. The topological polar surface area (TPSA) is 35.2 Å². The summed E-state index contributed by atoms with van der Waals surface area (Å²) < 4.78 is 32.4. The Bertz CT molecular complexity index is 573. The van der Waals surface area contributed by atoms with Gasteiger partial charge < -0.3 is 10.5 Å². The van der Waals surface area contributed by atoms with E-state index in [1.54, 1.807) is 24.3 Å². The van der Waals surface area contributed by atoms with Gasteiger partial charge in [-0.2, -0.15) is 0 Å². The van der Waals surface area contributed by atoms with Crippen molar-refractivity contribution in [2.75, 3.05) is 5.73 Å². The van der Waals surface area contributed by atoms with E-state index >= 15 is 0 Å². The molecule has 2 nitrogen and oxygen atoms in total. The fraction of sp³-hybridized carbons (Fsp3) is 0.200. The zero-order chi connectivity index (χ0) is 14.0. The minimum absolute atomic E-state index is 0.0372. The number of nitrogen functional groups attached to an aromatic ring is 1. The Morgan fingerprint density at radius 2 is 1.63 bits per heavy atom. The SMILES string of the molecule is CC(C)Oc1cccc(-c2cc(F)c(N)c(F)c2)c1. The van der Waals surface area contributed by atoms with Gasteiger partial charge in [0.2, 0.25) is 0 Å². The third-order valence-corrected chi connectivity index (χ3v) is 2.62. The Morgan fingerprint density at radius 3 is 2.21 bits per heavy atom. The minimum atomic E-state index is -0.759. The fourth-order valence-corrected chi connectivity index (χ4v) is 1.77. The molecule has 2 N–H and O–H groups in total. The summed E-state index contributed by atoms with van der Waals surface area (Å²) >= 11 is 0. The predicted molar refractivity (Wildman–Crippen MR) is 72.0 cm³/mol. The van der Waals surface area contributed by atoms with Crippen LogP contribution in [0.15, 0.2) is 36.4 Å². The van der Waals surface area contributed by atoms with Gasteiger partial charge in [0.25, 0.3) is 0 Å². The number of rotatable bonds is 3. The molecule has 0 unspecified atom stereocenters. The Labute approximate surface area is 110 Å². The maximum atomic E-state index is 13.4. The number of anilines is 1. The number of halogens is 2. The van der Waals surface area contributed by atoms with E-state index in [1.165, 1.54) is 12.1 Å². The number of ether oxygens (including phenoxy) is 1. The van der Waals surface area contributed by atoms with Crippen molar-refractivity contribution in [3.05, 3.63) is 48.0 Å². The van der Waals surface area contributed by atoms with Crippen molar-refractivity contribution < 1.29 is 13.5 Å². The number of nitrogens with two attached hydrogens (primary N) is 1. The van der Waals surface area contributed by atoms with E-state index in [0.29, 0.717) is 16.9 Å². The molecule has 0 saturated carbocycles. The van der Waals surface area contributed by atoms with E-state index in [0.717, 1.165) is 0 Å². The molecule has 0 fully saturated rings. The van der Waals surface area contributed by atoms with Crippen molar-refractivity contribution in [3.63, 3.8) is 0 Å². The Balaban J connectivity index is 2.41. The van der Waals surface area contributed by atoms with Crippen LogP contribution in [0.25, 0.3) is 11.1 Å². The van der Waals surface area contributed by atoms with Crippen LogP contribution in [0.3, 0.4) is 0 Å². The smallest absolute Gasteiger partial charge is 0.149 e. The zero-order valence-electron chi connectivity index (χ0n) is 10.8. The van der Waals surface area contributed by atoms with Gasteiger partial charge in [-0.1, -0.05) is 12.1 Å². The lowest BCUT2D eigenvalue weighted by atomic mass is 10.0. The lowest BCUT2D eigenvalue weighted by molar-refractivity contribution is 0.242. The van der Waals surface area contributed by atoms with Gasteiger partial charge in [-0.25, -0.2) is 8.78 Å². The third kappa shape index (κ3) is 3.02. The number of hydrogen-bond acceptors (Lipinski definition) is 2. The van der Waals surface area contributed by atoms with Gasteiger partial charge in [0, 0.05) is 0 Å². The summed E-state index contributed by atoms with van der Waals surface area (Å²) in [4.78, 5) is 0. The lowest BCUT2D eigenvalue weighted by Gasteiger charge is -2.11. The number of hydrogen-bond donors (Lipinski definition) is 1. The summed E-state index contributed by atoms with van der Waals surface area (Å²) in [5.41, 5.74) is 5.90. The molecular weight excluding hydrogens is 248 g/mol. The molecular formula is C15H15F2NO. The largest absolute Gasteiger partial charge is 0.491 e. The molecule has 100 valence electrons. The molecule has 4 heteroatoms. The Hall–Kier alpha value is -2.10. The molecule has 0 bridgehead atoms. The molecule has 0 aromatic heterocycles. The monoisotopic (exact) mass is 263 g/mol. The predicted octanol–water partition coefficient (Wildman–Crippen LogP) is 4.00. The van der Waals surface area contributed by atoms with Gasteiger partial charge >= 0.3 is 0 Å². The Kier molecular flexibility index (Phi) is 3.69. The van der Waals surface area contributed by atoms with Crippen LogP contribution in [0, 0.1) is 11.6 Å². The van der Waals surface area contributed by atoms with Gasteiger partial charge in [-0.15, -0.1) is 0 Å². The molecule has 2 aromatic rings. The standard InChI is InChI=1S/C15H15F2NO/c1-9(2)19-12-5-3-4-10(6-12)11-7-13(16)15(18)14(17)8-11/h3-9H,18H2,1-2H3. The maximum Gasteiger partial charge on any atom is 0.149 e. The molecule has 0 saturated heterocycles. The van der Waals surface area contributed by atoms with Crippen molar-refractivity contribution in [2.45, 2.75) is 20.0 Å². The highest BCUT2D eigenvalue weighted by Gasteiger charge is 2.09. The summed E-state index contributed by atoms with van der Waals surface area (Å²) in [6.07, 6.45) is 0.0372. The average Bonchev–Trinajstić information content (AvgIpc) is 2.35. The van der Waals surface area contributed by atoms with E-state index in [4.69, 9.17) is 10.5 Å². The first-order valence-corrected chi connectivity index (χ1v) is 5.99. The maximum absolute atomic E-state index is 13.4. The highest BCUT2D eigenvalue weighted by Crippen LogP contribution is 2.28. The molecule has 0 heterocycles. The minimum Gasteiger partial charge on any atom is -0.491 e. The molecule has 0 radical (unpaired) electrons. The van der Waals surface area contributed by atoms with Crippen LogP contribution < -0.4 is 10.5 Å². The third-order valence-electron chi connectivity index (χ3n) is 2.62. The van der Waals surface area contributed by atoms with Crippen LogP contribution in [0.1, 0.15) is 13.8 Å². The quantitative estimate of drug-likeness (QED) is 0.849. The van der Waals surface area contributed by atoms with Gasteiger partial charge in [0.05, 0.1) is 6.10 Å². The first kappa shape index (κ1) is 13.3. The Morgan fingerprint density at radius 1 is 1.00 bits per heavy atom. The molecule has 0 spiro atoms. The van der Waals surface area contributed by atoms with Crippen LogP contribution in [0.5, 0.6) is 5.75 Å². The lowest BCUT2D eigenvalue weighted by Crippen LogP contribution is -2.05. The average molecular weight is 263 g/mol. The summed E-state index contributed by atoms with van der Waals surface area (Å²) in [6.45, 7) is 3.82. The molecule has 0 aliphatic carbocycles. The van der Waals surface area contributed by atoms with E-state index in [1.807, 2.05) is 13.8 Å². The van der Waals surface area contributed by atoms with Crippen LogP contribution in [0.2, 0.25) is 0 Å². The van der Waals surface area contributed by atoms with Crippen molar-refractivity contribution in [1.29, 1.82) is 0 Å².